The topological polar surface area (TPSA) is 110 Å². The van der Waals surface area contributed by atoms with Crippen molar-refractivity contribution in [2.24, 2.45) is 0 Å². The molecule has 1 aromatic carbocycles. The summed E-state index contributed by atoms with van der Waals surface area (Å²) in [5, 5.41) is 12.3. The molecule has 2 aromatic rings. The van der Waals surface area contributed by atoms with Crippen LogP contribution in [0.2, 0.25) is 0 Å². The molecule has 0 aliphatic carbocycles. The van der Waals surface area contributed by atoms with E-state index in [1.807, 2.05) is 22.6 Å². The lowest BCUT2D eigenvalue weighted by atomic mass is 10.2. The summed E-state index contributed by atoms with van der Waals surface area (Å²) in [7, 11) is -3.87. The van der Waals surface area contributed by atoms with Crippen molar-refractivity contribution in [1.82, 2.24) is 5.16 Å². The van der Waals surface area contributed by atoms with E-state index in [-0.39, 0.29) is 16.1 Å². The average molecular weight is 394 g/mol. The predicted octanol–water partition coefficient (Wildman–Crippen LogP) is 1.78. The van der Waals surface area contributed by atoms with Crippen molar-refractivity contribution in [1.29, 1.82) is 0 Å². The van der Waals surface area contributed by atoms with Crippen molar-refractivity contribution in [3.05, 3.63) is 39.8 Å². The van der Waals surface area contributed by atoms with Crippen LogP contribution < -0.4 is 4.72 Å². The summed E-state index contributed by atoms with van der Waals surface area (Å²) in [5.41, 5.74) is 0.0872. The van der Waals surface area contributed by atoms with Gasteiger partial charge in [0.15, 0.2) is 0 Å². The van der Waals surface area contributed by atoms with Gasteiger partial charge in [0, 0.05) is 3.57 Å². The molecule has 2 rings (SSSR count). The summed E-state index contributed by atoms with van der Waals surface area (Å²) in [4.78, 5) is 10.8. The number of hydrogen-bond acceptors (Lipinski definition) is 5. The Labute approximate surface area is 121 Å². The fraction of sp³-hybridized carbons (Fsp3) is 0. The zero-order chi connectivity index (χ0) is 14.0. The molecule has 0 saturated carbocycles. The molecule has 100 valence electrons. The molecule has 9 heteroatoms. The van der Waals surface area contributed by atoms with Gasteiger partial charge in [-0.2, -0.15) is 0 Å². The van der Waals surface area contributed by atoms with Gasteiger partial charge in [0.2, 0.25) is 0 Å². The Hall–Kier alpha value is -1.62. The smallest absolute Gasteiger partial charge is 0.336 e. The van der Waals surface area contributed by atoms with Gasteiger partial charge in [-0.05, 0) is 40.8 Å². The number of carboxylic acids is 1. The van der Waals surface area contributed by atoms with Gasteiger partial charge in [-0.25, -0.2) is 13.2 Å². The summed E-state index contributed by atoms with van der Waals surface area (Å²) in [6.45, 7) is 0. The standard InChI is InChI=1S/C10H7IN2O5S/c11-9-2-1-7(3-8(9)10(14)15)19(16,17)13-6-4-12-18-5-6/h1-5,13H,(H,14,15). The van der Waals surface area contributed by atoms with Crippen molar-refractivity contribution in [3.63, 3.8) is 0 Å². The second kappa shape index (κ2) is 5.17. The number of sulfonamides is 1. The molecule has 19 heavy (non-hydrogen) atoms. The quantitative estimate of drug-likeness (QED) is 0.766. The van der Waals surface area contributed by atoms with E-state index < -0.39 is 16.0 Å². The predicted molar refractivity (Wildman–Crippen MR) is 73.4 cm³/mol. The molecule has 1 aromatic heterocycles. The number of nitrogens with one attached hydrogen (secondary N) is 1. The maximum absolute atomic E-state index is 12.0. The normalized spacial score (nSPS) is 11.2. The van der Waals surface area contributed by atoms with Crippen molar-refractivity contribution in [2.75, 3.05) is 4.72 Å². The Morgan fingerprint density at radius 3 is 2.74 bits per heavy atom. The zero-order valence-electron chi connectivity index (χ0n) is 9.20. The number of halogens is 1. The molecule has 0 saturated heterocycles. The van der Waals surface area contributed by atoms with Crippen LogP contribution in [0, 0.1) is 3.57 Å². The van der Waals surface area contributed by atoms with E-state index >= 15 is 0 Å². The third-order valence-electron chi connectivity index (χ3n) is 2.16. The highest BCUT2D eigenvalue weighted by molar-refractivity contribution is 14.1. The molecule has 0 amide bonds. The van der Waals surface area contributed by atoms with E-state index in [4.69, 9.17) is 5.11 Å². The number of aromatic carboxylic acids is 1. The van der Waals surface area contributed by atoms with Crippen molar-refractivity contribution in [3.8, 4) is 0 Å². The molecule has 0 atom stereocenters. The van der Waals surface area contributed by atoms with Crippen LogP contribution in [0.4, 0.5) is 5.69 Å². The highest BCUT2D eigenvalue weighted by Crippen LogP contribution is 2.20. The minimum atomic E-state index is -3.87. The third kappa shape index (κ3) is 3.04. The largest absolute Gasteiger partial charge is 0.478 e. The van der Waals surface area contributed by atoms with Gasteiger partial charge in [-0.3, -0.25) is 4.72 Å². The summed E-state index contributed by atoms with van der Waals surface area (Å²) < 4.78 is 31.2. The molecular formula is C10H7IN2O5S. The second-order valence-corrected chi connectivity index (χ2v) is 6.31. The minimum absolute atomic E-state index is 0.0752. The Bertz CT molecular complexity index is 712. The molecule has 0 fully saturated rings. The summed E-state index contributed by atoms with van der Waals surface area (Å²) in [6, 6.07) is 3.84. The van der Waals surface area contributed by atoms with Gasteiger partial charge in [-0.1, -0.05) is 5.16 Å². The molecule has 0 aliphatic rings. The van der Waals surface area contributed by atoms with Crippen molar-refractivity contribution < 1.29 is 22.8 Å². The number of anilines is 1. The number of nitrogens with zero attached hydrogens (tertiary/aromatic N) is 1. The van der Waals surface area contributed by atoms with Crippen LogP contribution in [0.1, 0.15) is 10.4 Å². The summed E-state index contributed by atoms with van der Waals surface area (Å²) >= 11 is 1.82. The first-order valence-electron chi connectivity index (χ1n) is 4.85. The maximum Gasteiger partial charge on any atom is 0.336 e. The SMILES string of the molecule is O=C(O)c1cc(S(=O)(=O)Nc2cnoc2)ccc1I. The fourth-order valence-corrected chi connectivity index (χ4v) is 2.92. The number of aromatic nitrogens is 1. The van der Waals surface area contributed by atoms with Crippen LogP contribution in [0.25, 0.3) is 0 Å². The number of carbonyl (C=O) groups is 1. The Balaban J connectivity index is 2.41. The Kier molecular flexibility index (Phi) is 3.75. The van der Waals surface area contributed by atoms with E-state index in [9.17, 15) is 13.2 Å². The first kappa shape index (κ1) is 13.8. The van der Waals surface area contributed by atoms with Crippen molar-refractivity contribution >= 4 is 44.3 Å². The molecule has 0 bridgehead atoms. The molecular weight excluding hydrogens is 387 g/mol. The van der Waals surface area contributed by atoms with E-state index in [1.54, 1.807) is 0 Å². The molecule has 1 heterocycles. The van der Waals surface area contributed by atoms with Gasteiger partial charge in [-0.15, -0.1) is 0 Å². The highest BCUT2D eigenvalue weighted by atomic mass is 127. The van der Waals surface area contributed by atoms with Crippen LogP contribution in [-0.4, -0.2) is 24.7 Å². The summed E-state index contributed by atoms with van der Waals surface area (Å²) in [5.74, 6) is -1.19. The van der Waals surface area contributed by atoms with E-state index in [0.717, 1.165) is 12.3 Å². The zero-order valence-corrected chi connectivity index (χ0v) is 12.2. The Morgan fingerprint density at radius 1 is 1.42 bits per heavy atom. The molecule has 0 aliphatic heterocycles. The maximum atomic E-state index is 12.0. The number of carboxylic acid groups (broad SMARTS) is 1. The molecule has 0 spiro atoms. The minimum Gasteiger partial charge on any atom is -0.478 e. The van der Waals surface area contributed by atoms with Gasteiger partial charge in [0.25, 0.3) is 10.0 Å². The van der Waals surface area contributed by atoms with Crippen LogP contribution in [0.15, 0.2) is 40.1 Å². The van der Waals surface area contributed by atoms with Gasteiger partial charge in [0.05, 0.1) is 16.7 Å². The first-order chi connectivity index (χ1) is 8.90. The van der Waals surface area contributed by atoms with Crippen LogP contribution in [0.3, 0.4) is 0 Å². The number of benzene rings is 1. The monoisotopic (exact) mass is 394 g/mol. The average Bonchev–Trinajstić information content (AvgIpc) is 2.80. The number of hydrogen-bond donors (Lipinski definition) is 2. The van der Waals surface area contributed by atoms with E-state index in [0.29, 0.717) is 3.57 Å². The molecule has 2 N–H and O–H groups in total. The lowest BCUT2D eigenvalue weighted by molar-refractivity contribution is 0.0695. The van der Waals surface area contributed by atoms with E-state index in [2.05, 4.69) is 14.4 Å². The fourth-order valence-electron chi connectivity index (χ4n) is 1.30. The lowest BCUT2D eigenvalue weighted by Gasteiger charge is -2.07. The first-order valence-corrected chi connectivity index (χ1v) is 7.41. The Morgan fingerprint density at radius 2 is 2.16 bits per heavy atom. The lowest BCUT2D eigenvalue weighted by Crippen LogP contribution is -2.13. The van der Waals surface area contributed by atoms with Crippen LogP contribution >= 0.6 is 22.6 Å². The van der Waals surface area contributed by atoms with Crippen LogP contribution in [-0.2, 0) is 10.0 Å². The summed E-state index contributed by atoms with van der Waals surface area (Å²) in [6.07, 6.45) is 2.32. The molecule has 0 unspecified atom stereocenters. The molecule has 7 nitrogen and oxygen atoms in total. The number of rotatable bonds is 4. The van der Waals surface area contributed by atoms with Crippen molar-refractivity contribution in [2.45, 2.75) is 4.90 Å². The third-order valence-corrected chi connectivity index (χ3v) is 4.48. The van der Waals surface area contributed by atoms with Gasteiger partial charge >= 0.3 is 5.97 Å². The van der Waals surface area contributed by atoms with Crippen LogP contribution in [0.5, 0.6) is 0 Å². The highest BCUT2D eigenvalue weighted by Gasteiger charge is 2.18. The van der Waals surface area contributed by atoms with Gasteiger partial charge < -0.3 is 9.63 Å². The van der Waals surface area contributed by atoms with Gasteiger partial charge in [0.1, 0.15) is 12.0 Å². The second-order valence-electron chi connectivity index (χ2n) is 3.47. The van der Waals surface area contributed by atoms with E-state index in [1.165, 1.54) is 18.3 Å². The molecule has 0 radical (unpaired) electrons.